The van der Waals surface area contributed by atoms with Crippen LogP contribution in [-0.2, 0) is 0 Å². The molecule has 2 aromatic rings. The van der Waals surface area contributed by atoms with Gasteiger partial charge in [0, 0.05) is 13.2 Å². The van der Waals surface area contributed by atoms with Crippen LogP contribution in [0.25, 0.3) is 5.52 Å². The fraction of sp³-hybridized carbons (Fsp3) is 0.125. The lowest BCUT2D eigenvalue weighted by Gasteiger charge is -1.94. The molecule has 2 rings (SSSR count). The van der Waals surface area contributed by atoms with Crippen LogP contribution in [0.5, 0.6) is 0 Å². The standard InChI is InChI=1S/C8H9N3/c1-9-8-7-4-2-3-5-11(7)6-10-8/h2-6,9H,1H3. The summed E-state index contributed by atoms with van der Waals surface area (Å²) in [6.45, 7) is 0. The van der Waals surface area contributed by atoms with Crippen LogP contribution in [0.2, 0.25) is 0 Å². The summed E-state index contributed by atoms with van der Waals surface area (Å²) in [5.74, 6) is 0.922. The van der Waals surface area contributed by atoms with Crippen LogP contribution in [0.3, 0.4) is 0 Å². The van der Waals surface area contributed by atoms with E-state index in [0.717, 1.165) is 11.3 Å². The van der Waals surface area contributed by atoms with E-state index < -0.39 is 0 Å². The van der Waals surface area contributed by atoms with Crippen LogP contribution >= 0.6 is 0 Å². The number of hydrogen-bond acceptors (Lipinski definition) is 2. The van der Waals surface area contributed by atoms with Crippen molar-refractivity contribution < 1.29 is 0 Å². The average molecular weight is 147 g/mol. The smallest absolute Gasteiger partial charge is 0.151 e. The molecule has 0 fully saturated rings. The molecule has 0 aliphatic carbocycles. The molecule has 0 bridgehead atoms. The fourth-order valence-electron chi connectivity index (χ4n) is 1.14. The number of rotatable bonds is 1. The number of anilines is 1. The molecule has 0 amide bonds. The number of nitrogens with one attached hydrogen (secondary N) is 1. The second kappa shape index (κ2) is 2.27. The fourth-order valence-corrected chi connectivity index (χ4v) is 1.14. The first kappa shape index (κ1) is 6.22. The molecule has 0 aliphatic rings. The third-order valence-corrected chi connectivity index (χ3v) is 1.68. The van der Waals surface area contributed by atoms with E-state index in [0.29, 0.717) is 0 Å². The minimum absolute atomic E-state index is 0.922. The minimum atomic E-state index is 0.922. The molecule has 0 unspecified atom stereocenters. The van der Waals surface area contributed by atoms with Gasteiger partial charge in [0.15, 0.2) is 5.82 Å². The van der Waals surface area contributed by atoms with Gasteiger partial charge in [0.05, 0.1) is 5.52 Å². The summed E-state index contributed by atoms with van der Waals surface area (Å²) in [5.41, 5.74) is 1.11. The highest BCUT2D eigenvalue weighted by atomic mass is 15.1. The Morgan fingerprint density at radius 1 is 1.45 bits per heavy atom. The van der Waals surface area contributed by atoms with Crippen LogP contribution in [0.15, 0.2) is 30.7 Å². The summed E-state index contributed by atoms with van der Waals surface area (Å²) in [5, 5.41) is 3.02. The SMILES string of the molecule is CNc1ncn2ccccc12. The highest BCUT2D eigenvalue weighted by molar-refractivity contribution is 5.67. The predicted octanol–water partition coefficient (Wildman–Crippen LogP) is 1.38. The summed E-state index contributed by atoms with van der Waals surface area (Å²) in [6, 6.07) is 6.00. The zero-order valence-electron chi connectivity index (χ0n) is 6.28. The van der Waals surface area contributed by atoms with Gasteiger partial charge >= 0.3 is 0 Å². The van der Waals surface area contributed by atoms with Gasteiger partial charge in [-0.3, -0.25) is 0 Å². The molecule has 0 spiro atoms. The summed E-state index contributed by atoms with van der Waals surface area (Å²) >= 11 is 0. The van der Waals surface area contributed by atoms with E-state index in [1.807, 2.05) is 35.8 Å². The van der Waals surface area contributed by atoms with E-state index in [-0.39, 0.29) is 0 Å². The Hall–Kier alpha value is -1.51. The number of imidazole rings is 1. The lowest BCUT2D eigenvalue weighted by Crippen LogP contribution is -1.88. The quantitative estimate of drug-likeness (QED) is 0.660. The van der Waals surface area contributed by atoms with Crippen LogP contribution in [0.4, 0.5) is 5.82 Å². The maximum Gasteiger partial charge on any atom is 0.151 e. The summed E-state index contributed by atoms with van der Waals surface area (Å²) in [6.07, 6.45) is 3.77. The first-order valence-corrected chi connectivity index (χ1v) is 3.51. The minimum Gasteiger partial charge on any atom is -0.371 e. The molecule has 0 aliphatic heterocycles. The van der Waals surface area contributed by atoms with Crippen molar-refractivity contribution in [1.29, 1.82) is 0 Å². The molecule has 0 radical (unpaired) electrons. The van der Waals surface area contributed by atoms with E-state index in [1.165, 1.54) is 0 Å². The van der Waals surface area contributed by atoms with Gasteiger partial charge in [-0.05, 0) is 12.1 Å². The Morgan fingerprint density at radius 3 is 3.18 bits per heavy atom. The van der Waals surface area contributed by atoms with Crippen LogP contribution in [-0.4, -0.2) is 16.4 Å². The topological polar surface area (TPSA) is 29.3 Å². The van der Waals surface area contributed by atoms with Crippen molar-refractivity contribution in [3.63, 3.8) is 0 Å². The molecule has 2 aromatic heterocycles. The number of fused-ring (bicyclic) bond motifs is 1. The number of aromatic nitrogens is 2. The average Bonchev–Trinajstić information content (AvgIpc) is 2.47. The second-order valence-electron chi connectivity index (χ2n) is 2.34. The van der Waals surface area contributed by atoms with Gasteiger partial charge in [0.25, 0.3) is 0 Å². The first-order chi connectivity index (χ1) is 5.42. The van der Waals surface area contributed by atoms with E-state index in [1.54, 1.807) is 6.33 Å². The van der Waals surface area contributed by atoms with Crippen molar-refractivity contribution in [2.75, 3.05) is 12.4 Å². The molecular weight excluding hydrogens is 138 g/mol. The zero-order valence-corrected chi connectivity index (χ0v) is 6.28. The molecule has 56 valence electrons. The second-order valence-corrected chi connectivity index (χ2v) is 2.34. The van der Waals surface area contributed by atoms with Crippen molar-refractivity contribution in [3.05, 3.63) is 30.7 Å². The van der Waals surface area contributed by atoms with Crippen LogP contribution < -0.4 is 5.32 Å². The van der Waals surface area contributed by atoms with Crippen LogP contribution in [0, 0.1) is 0 Å². The molecule has 2 heterocycles. The van der Waals surface area contributed by atoms with Gasteiger partial charge in [-0.15, -0.1) is 0 Å². The number of nitrogens with zero attached hydrogens (tertiary/aromatic N) is 2. The van der Waals surface area contributed by atoms with E-state index in [9.17, 15) is 0 Å². The summed E-state index contributed by atoms with van der Waals surface area (Å²) in [4.78, 5) is 4.17. The molecule has 1 N–H and O–H groups in total. The van der Waals surface area contributed by atoms with E-state index in [2.05, 4.69) is 10.3 Å². The number of hydrogen-bond donors (Lipinski definition) is 1. The largest absolute Gasteiger partial charge is 0.371 e. The molecule has 0 atom stereocenters. The molecular formula is C8H9N3. The molecule has 0 saturated heterocycles. The maximum atomic E-state index is 4.17. The molecule has 0 saturated carbocycles. The Kier molecular flexibility index (Phi) is 1.28. The lowest BCUT2D eigenvalue weighted by molar-refractivity contribution is 1.15. The first-order valence-electron chi connectivity index (χ1n) is 3.51. The van der Waals surface area contributed by atoms with Crippen molar-refractivity contribution in [2.45, 2.75) is 0 Å². The lowest BCUT2D eigenvalue weighted by atomic mass is 10.4. The molecule has 0 aromatic carbocycles. The third kappa shape index (κ3) is 0.852. The van der Waals surface area contributed by atoms with Gasteiger partial charge in [0.1, 0.15) is 6.33 Å². The highest BCUT2D eigenvalue weighted by Gasteiger charge is 1.97. The van der Waals surface area contributed by atoms with Gasteiger partial charge < -0.3 is 9.72 Å². The highest BCUT2D eigenvalue weighted by Crippen LogP contribution is 2.12. The van der Waals surface area contributed by atoms with E-state index >= 15 is 0 Å². The summed E-state index contributed by atoms with van der Waals surface area (Å²) < 4.78 is 1.98. The van der Waals surface area contributed by atoms with Crippen molar-refractivity contribution in [2.24, 2.45) is 0 Å². The zero-order chi connectivity index (χ0) is 7.68. The summed E-state index contributed by atoms with van der Waals surface area (Å²) in [7, 11) is 1.87. The van der Waals surface area contributed by atoms with Crippen molar-refractivity contribution in [3.8, 4) is 0 Å². The molecule has 3 heteroatoms. The Balaban J connectivity index is 2.76. The van der Waals surface area contributed by atoms with Crippen LogP contribution in [0.1, 0.15) is 0 Å². The Bertz CT molecular complexity index is 364. The maximum absolute atomic E-state index is 4.17. The molecule has 3 nitrogen and oxygen atoms in total. The monoisotopic (exact) mass is 147 g/mol. The van der Waals surface area contributed by atoms with Gasteiger partial charge in [0.2, 0.25) is 0 Å². The van der Waals surface area contributed by atoms with Gasteiger partial charge in [-0.2, -0.15) is 0 Å². The third-order valence-electron chi connectivity index (χ3n) is 1.68. The molecule has 11 heavy (non-hydrogen) atoms. The Labute approximate surface area is 64.7 Å². The van der Waals surface area contributed by atoms with Crippen molar-refractivity contribution >= 4 is 11.3 Å². The Morgan fingerprint density at radius 2 is 2.36 bits per heavy atom. The normalized spacial score (nSPS) is 10.3. The predicted molar refractivity (Wildman–Crippen MR) is 44.7 cm³/mol. The van der Waals surface area contributed by atoms with Gasteiger partial charge in [-0.25, -0.2) is 4.98 Å². The van der Waals surface area contributed by atoms with Gasteiger partial charge in [-0.1, -0.05) is 6.07 Å². The number of pyridine rings is 1. The van der Waals surface area contributed by atoms with Crippen molar-refractivity contribution in [1.82, 2.24) is 9.38 Å². The van der Waals surface area contributed by atoms with E-state index in [4.69, 9.17) is 0 Å².